The fourth-order valence-corrected chi connectivity index (χ4v) is 3.73. The van der Waals surface area contributed by atoms with E-state index in [0.29, 0.717) is 0 Å². The van der Waals surface area contributed by atoms with Gasteiger partial charge in [0, 0.05) is 24.1 Å². The monoisotopic (exact) mass is 266 g/mol. The molecule has 4 heteroatoms. The van der Waals surface area contributed by atoms with Gasteiger partial charge >= 0.3 is 0 Å². The molecule has 1 saturated heterocycles. The Balaban J connectivity index is 1.77. The Morgan fingerprint density at radius 3 is 2.94 bits per heavy atom. The summed E-state index contributed by atoms with van der Waals surface area (Å²) < 4.78 is 5.90. The number of nitrogens with one attached hydrogen (secondary N) is 1. The molecule has 1 unspecified atom stereocenters. The molecular weight excluding hydrogens is 244 g/mol. The third-order valence-corrected chi connectivity index (χ3v) is 5.26. The zero-order valence-corrected chi connectivity index (χ0v) is 12.1. The van der Waals surface area contributed by atoms with Gasteiger partial charge in [0.2, 0.25) is 0 Å². The van der Waals surface area contributed by atoms with E-state index in [1.807, 2.05) is 11.3 Å². The summed E-state index contributed by atoms with van der Waals surface area (Å²) in [6.45, 7) is 6.25. The number of hydrogen-bond acceptors (Lipinski definition) is 4. The minimum absolute atomic E-state index is 0.119. The van der Waals surface area contributed by atoms with Crippen LogP contribution in [0.3, 0.4) is 0 Å². The molecule has 1 N–H and O–H groups in total. The Hall–Kier alpha value is -0.450. The molecule has 100 valence electrons. The number of rotatable bonds is 5. The Labute approximate surface area is 113 Å². The number of ether oxygens (including phenoxy) is 1. The van der Waals surface area contributed by atoms with Crippen molar-refractivity contribution in [2.45, 2.75) is 64.1 Å². The molecule has 1 atom stereocenters. The minimum Gasteiger partial charge on any atom is -0.368 e. The highest BCUT2D eigenvalue weighted by Gasteiger charge is 2.35. The van der Waals surface area contributed by atoms with Crippen LogP contribution in [0, 0.1) is 0 Å². The molecule has 0 amide bonds. The molecule has 1 aliphatic carbocycles. The third-order valence-electron chi connectivity index (χ3n) is 3.91. The van der Waals surface area contributed by atoms with Crippen molar-refractivity contribution in [3.05, 3.63) is 15.6 Å². The highest BCUT2D eigenvalue weighted by Crippen LogP contribution is 2.39. The van der Waals surface area contributed by atoms with Gasteiger partial charge in [0.15, 0.2) is 0 Å². The molecule has 0 bridgehead atoms. The van der Waals surface area contributed by atoms with E-state index in [-0.39, 0.29) is 5.60 Å². The van der Waals surface area contributed by atoms with Crippen LogP contribution in [0.2, 0.25) is 0 Å². The Morgan fingerprint density at radius 2 is 2.33 bits per heavy atom. The lowest BCUT2D eigenvalue weighted by atomic mass is 10.0. The molecule has 2 aliphatic rings. The highest BCUT2D eigenvalue weighted by molar-refractivity contribution is 7.11. The lowest BCUT2D eigenvalue weighted by Crippen LogP contribution is -2.19. The summed E-state index contributed by atoms with van der Waals surface area (Å²) >= 11 is 1.85. The van der Waals surface area contributed by atoms with Crippen molar-refractivity contribution >= 4 is 11.3 Å². The lowest BCUT2D eigenvalue weighted by Gasteiger charge is -2.19. The zero-order chi connectivity index (χ0) is 12.6. The predicted molar refractivity (Wildman–Crippen MR) is 73.9 cm³/mol. The number of aryl methyl sites for hydroxylation is 1. The topological polar surface area (TPSA) is 34.1 Å². The summed E-state index contributed by atoms with van der Waals surface area (Å²) in [7, 11) is 0. The van der Waals surface area contributed by atoms with E-state index in [9.17, 15) is 0 Å². The van der Waals surface area contributed by atoms with E-state index >= 15 is 0 Å². The summed E-state index contributed by atoms with van der Waals surface area (Å²) in [6, 6.07) is 0.763. The van der Waals surface area contributed by atoms with Gasteiger partial charge in [0.25, 0.3) is 0 Å². The number of thiazole rings is 1. The third kappa shape index (κ3) is 2.46. The Bertz CT molecular complexity index is 419. The fraction of sp³-hybridized carbons (Fsp3) is 0.786. The van der Waals surface area contributed by atoms with Crippen LogP contribution >= 0.6 is 11.3 Å². The summed E-state index contributed by atoms with van der Waals surface area (Å²) in [5, 5.41) is 4.78. The second-order valence-corrected chi connectivity index (χ2v) is 6.66. The molecule has 1 saturated carbocycles. The molecular formula is C14H22N2OS. The number of aromatic nitrogens is 1. The van der Waals surface area contributed by atoms with Crippen molar-refractivity contribution in [3.63, 3.8) is 0 Å². The largest absolute Gasteiger partial charge is 0.368 e. The van der Waals surface area contributed by atoms with E-state index in [1.54, 1.807) is 0 Å². The molecule has 3 rings (SSSR count). The SMILES string of the molecule is CCc1nc(C2(C)CCCO2)sc1CNC1CC1. The van der Waals surface area contributed by atoms with Gasteiger partial charge in [-0.05, 0) is 39.0 Å². The van der Waals surface area contributed by atoms with Crippen LogP contribution in [0.15, 0.2) is 0 Å². The molecule has 0 radical (unpaired) electrons. The van der Waals surface area contributed by atoms with Crippen LogP contribution in [-0.2, 0) is 23.3 Å². The Kier molecular flexibility index (Phi) is 3.43. The molecule has 18 heavy (non-hydrogen) atoms. The van der Waals surface area contributed by atoms with E-state index in [4.69, 9.17) is 9.72 Å². The predicted octanol–water partition coefficient (Wildman–Crippen LogP) is 2.98. The van der Waals surface area contributed by atoms with Crippen molar-refractivity contribution in [2.75, 3.05) is 6.61 Å². The van der Waals surface area contributed by atoms with E-state index in [2.05, 4.69) is 19.2 Å². The molecule has 0 spiro atoms. The smallest absolute Gasteiger partial charge is 0.125 e. The quantitative estimate of drug-likeness (QED) is 0.889. The van der Waals surface area contributed by atoms with Crippen molar-refractivity contribution < 1.29 is 4.74 Å². The normalized spacial score (nSPS) is 27.9. The van der Waals surface area contributed by atoms with Gasteiger partial charge < -0.3 is 10.1 Å². The maximum absolute atomic E-state index is 5.90. The van der Waals surface area contributed by atoms with Crippen LogP contribution in [0.1, 0.15) is 55.1 Å². The molecule has 0 aromatic carbocycles. The lowest BCUT2D eigenvalue weighted by molar-refractivity contribution is 0.0165. The van der Waals surface area contributed by atoms with Crippen LogP contribution in [0.5, 0.6) is 0 Å². The molecule has 2 fully saturated rings. The van der Waals surface area contributed by atoms with E-state index in [1.165, 1.54) is 28.4 Å². The highest BCUT2D eigenvalue weighted by atomic mass is 32.1. The van der Waals surface area contributed by atoms with Gasteiger partial charge in [-0.2, -0.15) is 0 Å². The molecule has 1 aromatic rings. The summed E-state index contributed by atoms with van der Waals surface area (Å²) in [6.07, 6.45) is 5.97. The maximum atomic E-state index is 5.90. The summed E-state index contributed by atoms with van der Waals surface area (Å²) in [5.41, 5.74) is 1.15. The summed E-state index contributed by atoms with van der Waals surface area (Å²) in [4.78, 5) is 6.25. The molecule has 1 aromatic heterocycles. The van der Waals surface area contributed by atoms with Gasteiger partial charge in [-0.15, -0.1) is 11.3 Å². The second-order valence-electron chi connectivity index (χ2n) is 5.58. The van der Waals surface area contributed by atoms with Crippen molar-refractivity contribution in [1.82, 2.24) is 10.3 Å². The fourth-order valence-electron chi connectivity index (χ4n) is 2.50. The first-order chi connectivity index (χ1) is 8.71. The van der Waals surface area contributed by atoms with Crippen molar-refractivity contribution in [2.24, 2.45) is 0 Å². The van der Waals surface area contributed by atoms with E-state index in [0.717, 1.165) is 38.5 Å². The van der Waals surface area contributed by atoms with Crippen LogP contribution in [-0.4, -0.2) is 17.6 Å². The van der Waals surface area contributed by atoms with Gasteiger partial charge in [-0.25, -0.2) is 4.98 Å². The van der Waals surface area contributed by atoms with Crippen molar-refractivity contribution in [3.8, 4) is 0 Å². The second kappa shape index (κ2) is 4.91. The van der Waals surface area contributed by atoms with Gasteiger partial charge in [0.1, 0.15) is 10.6 Å². The standard InChI is InChI=1S/C14H22N2OS/c1-3-11-12(9-15-10-5-6-10)18-13(16-11)14(2)7-4-8-17-14/h10,15H,3-9H2,1-2H3. The average molecular weight is 266 g/mol. The molecule has 3 nitrogen and oxygen atoms in total. The van der Waals surface area contributed by atoms with E-state index < -0.39 is 0 Å². The van der Waals surface area contributed by atoms with Crippen LogP contribution < -0.4 is 5.32 Å². The molecule has 2 heterocycles. The van der Waals surface area contributed by atoms with Crippen LogP contribution in [0.4, 0.5) is 0 Å². The number of nitrogens with zero attached hydrogens (tertiary/aromatic N) is 1. The van der Waals surface area contributed by atoms with Crippen molar-refractivity contribution in [1.29, 1.82) is 0 Å². The van der Waals surface area contributed by atoms with Gasteiger partial charge in [-0.1, -0.05) is 6.92 Å². The average Bonchev–Trinajstić information content (AvgIpc) is 2.93. The first-order valence-corrected chi connectivity index (χ1v) is 7.89. The first-order valence-electron chi connectivity index (χ1n) is 7.07. The molecule has 1 aliphatic heterocycles. The maximum Gasteiger partial charge on any atom is 0.125 e. The number of hydrogen-bond donors (Lipinski definition) is 1. The minimum atomic E-state index is -0.119. The summed E-state index contributed by atoms with van der Waals surface area (Å²) in [5.74, 6) is 0. The Morgan fingerprint density at radius 1 is 1.50 bits per heavy atom. The van der Waals surface area contributed by atoms with Gasteiger partial charge in [-0.3, -0.25) is 0 Å². The first kappa shape index (κ1) is 12.6. The zero-order valence-electron chi connectivity index (χ0n) is 11.3. The van der Waals surface area contributed by atoms with Crippen LogP contribution in [0.25, 0.3) is 0 Å². The van der Waals surface area contributed by atoms with Gasteiger partial charge in [0.05, 0.1) is 5.69 Å².